The van der Waals surface area contributed by atoms with E-state index in [0.29, 0.717) is 24.8 Å². The molecule has 0 radical (unpaired) electrons. The summed E-state index contributed by atoms with van der Waals surface area (Å²) in [6.07, 6.45) is 6.06. The topological polar surface area (TPSA) is 74.3 Å². The van der Waals surface area contributed by atoms with E-state index in [-0.39, 0.29) is 0 Å². The predicted octanol–water partition coefficient (Wildman–Crippen LogP) is 2.06. The molecule has 3 atom stereocenters. The number of rotatable bonds is 4. The van der Waals surface area contributed by atoms with E-state index in [1.165, 1.54) is 6.42 Å². The van der Waals surface area contributed by atoms with Crippen LogP contribution >= 0.6 is 0 Å². The minimum atomic E-state index is 0.335. The van der Waals surface area contributed by atoms with Crippen LogP contribution in [0, 0.1) is 0 Å². The van der Waals surface area contributed by atoms with Gasteiger partial charge in [0.25, 0.3) is 0 Å². The number of fused-ring (bicyclic) bond motifs is 2. The van der Waals surface area contributed by atoms with Gasteiger partial charge in [-0.05, 0) is 24.8 Å². The van der Waals surface area contributed by atoms with Gasteiger partial charge in [0.15, 0.2) is 5.96 Å². The van der Waals surface area contributed by atoms with Crippen molar-refractivity contribution in [2.75, 3.05) is 7.05 Å². The number of hydrogen-bond acceptors (Lipinski definition) is 3. The van der Waals surface area contributed by atoms with Crippen molar-refractivity contribution in [2.45, 2.75) is 44.1 Å². The quantitative estimate of drug-likeness (QED) is 0.594. The van der Waals surface area contributed by atoms with Gasteiger partial charge in [-0.25, -0.2) is 4.98 Å². The van der Waals surface area contributed by atoms with Crippen LogP contribution in [0.15, 0.2) is 41.5 Å². The number of imidazole rings is 1. The normalized spacial score (nSPS) is 25.9. The highest BCUT2D eigenvalue weighted by atomic mass is 16.5. The average Bonchev–Trinajstić information content (AvgIpc) is 3.36. The van der Waals surface area contributed by atoms with E-state index in [4.69, 9.17) is 4.74 Å². The molecule has 2 aromatic rings. The van der Waals surface area contributed by atoms with E-state index in [1.54, 1.807) is 7.05 Å². The summed E-state index contributed by atoms with van der Waals surface area (Å²) in [7, 11) is 1.79. The van der Waals surface area contributed by atoms with E-state index >= 15 is 0 Å². The maximum atomic E-state index is 5.88. The Morgan fingerprint density at radius 3 is 2.92 bits per heavy atom. The molecular formula is C18H23N5O. The van der Waals surface area contributed by atoms with Gasteiger partial charge in [0.05, 0.1) is 36.7 Å². The molecule has 2 fully saturated rings. The number of guanidine groups is 1. The number of aromatic nitrogens is 2. The molecule has 3 unspecified atom stereocenters. The predicted molar refractivity (Wildman–Crippen MR) is 93.7 cm³/mol. The van der Waals surface area contributed by atoms with Crippen LogP contribution in [0.2, 0.25) is 0 Å². The smallest absolute Gasteiger partial charge is 0.191 e. The zero-order valence-electron chi connectivity index (χ0n) is 13.8. The first-order valence-corrected chi connectivity index (χ1v) is 8.54. The Hall–Kier alpha value is -2.34. The molecule has 24 heavy (non-hydrogen) atoms. The molecule has 2 saturated heterocycles. The summed E-state index contributed by atoms with van der Waals surface area (Å²) >= 11 is 0. The van der Waals surface area contributed by atoms with Crippen LogP contribution in [0.5, 0.6) is 0 Å². The Kier molecular flexibility index (Phi) is 4.21. The summed E-state index contributed by atoms with van der Waals surface area (Å²) in [6.45, 7) is 0.605. The number of nitrogens with zero attached hydrogens (tertiary/aromatic N) is 2. The van der Waals surface area contributed by atoms with Crippen molar-refractivity contribution in [3.8, 4) is 11.3 Å². The summed E-state index contributed by atoms with van der Waals surface area (Å²) in [5.41, 5.74) is 2.16. The van der Waals surface area contributed by atoms with Crippen LogP contribution in [-0.2, 0) is 11.3 Å². The minimum Gasteiger partial charge on any atom is -0.373 e. The molecule has 0 saturated carbocycles. The lowest BCUT2D eigenvalue weighted by molar-refractivity contribution is 0.0992. The van der Waals surface area contributed by atoms with Gasteiger partial charge in [-0.15, -0.1) is 0 Å². The van der Waals surface area contributed by atoms with Gasteiger partial charge in [-0.2, -0.15) is 0 Å². The first kappa shape index (κ1) is 15.2. The highest BCUT2D eigenvalue weighted by Gasteiger charge is 2.41. The second-order valence-electron chi connectivity index (χ2n) is 6.40. The Morgan fingerprint density at radius 2 is 2.21 bits per heavy atom. The number of aliphatic imine (C=N–C) groups is 1. The molecule has 3 N–H and O–H groups in total. The van der Waals surface area contributed by atoms with Gasteiger partial charge in [0.1, 0.15) is 5.82 Å². The van der Waals surface area contributed by atoms with Crippen molar-refractivity contribution in [1.82, 2.24) is 20.6 Å². The molecule has 1 aromatic carbocycles. The summed E-state index contributed by atoms with van der Waals surface area (Å²) < 4.78 is 5.88. The van der Waals surface area contributed by atoms with Gasteiger partial charge >= 0.3 is 0 Å². The first-order chi connectivity index (χ1) is 11.8. The Labute approximate surface area is 141 Å². The minimum absolute atomic E-state index is 0.335. The summed E-state index contributed by atoms with van der Waals surface area (Å²) in [5, 5.41) is 6.80. The lowest BCUT2D eigenvalue weighted by Crippen LogP contribution is -2.47. The van der Waals surface area contributed by atoms with Gasteiger partial charge in [-0.1, -0.05) is 30.3 Å². The number of ether oxygens (including phenoxy) is 1. The van der Waals surface area contributed by atoms with Crippen molar-refractivity contribution < 1.29 is 4.74 Å². The van der Waals surface area contributed by atoms with Crippen LogP contribution in [-0.4, -0.2) is 41.2 Å². The van der Waals surface area contributed by atoms with Crippen molar-refractivity contribution in [3.05, 3.63) is 42.4 Å². The van der Waals surface area contributed by atoms with E-state index in [2.05, 4.69) is 37.7 Å². The van der Waals surface area contributed by atoms with E-state index in [0.717, 1.165) is 35.9 Å². The Bertz CT molecular complexity index is 711. The van der Waals surface area contributed by atoms with Crippen LogP contribution in [0.3, 0.4) is 0 Å². The zero-order valence-corrected chi connectivity index (χ0v) is 13.8. The van der Waals surface area contributed by atoms with Crippen LogP contribution in [0.1, 0.15) is 25.1 Å². The lowest BCUT2D eigenvalue weighted by atomic mass is 9.96. The van der Waals surface area contributed by atoms with E-state index < -0.39 is 0 Å². The number of benzene rings is 1. The van der Waals surface area contributed by atoms with Gasteiger partial charge in [0, 0.05) is 7.05 Å². The Balaban J connectivity index is 1.33. The third kappa shape index (κ3) is 3.14. The summed E-state index contributed by atoms with van der Waals surface area (Å²) in [6, 6.07) is 10.6. The maximum Gasteiger partial charge on any atom is 0.191 e. The second-order valence-corrected chi connectivity index (χ2v) is 6.40. The molecular weight excluding hydrogens is 302 g/mol. The maximum absolute atomic E-state index is 5.88. The Morgan fingerprint density at radius 1 is 1.33 bits per heavy atom. The molecule has 0 aliphatic carbocycles. The molecule has 1 aromatic heterocycles. The highest BCUT2D eigenvalue weighted by molar-refractivity contribution is 5.80. The molecule has 2 bridgehead atoms. The van der Waals surface area contributed by atoms with Gasteiger partial charge in [-0.3, -0.25) is 4.99 Å². The van der Waals surface area contributed by atoms with Crippen LogP contribution < -0.4 is 10.6 Å². The third-order valence-electron chi connectivity index (χ3n) is 4.79. The highest BCUT2D eigenvalue weighted by Crippen LogP contribution is 2.34. The van der Waals surface area contributed by atoms with Crippen molar-refractivity contribution >= 4 is 5.96 Å². The number of H-pyrrole nitrogens is 1. The molecule has 4 rings (SSSR count). The zero-order chi connectivity index (χ0) is 16.4. The molecule has 2 aliphatic rings. The molecule has 6 heteroatoms. The third-order valence-corrected chi connectivity index (χ3v) is 4.79. The van der Waals surface area contributed by atoms with Crippen LogP contribution in [0.25, 0.3) is 11.3 Å². The molecule has 0 spiro atoms. The van der Waals surface area contributed by atoms with E-state index in [9.17, 15) is 0 Å². The average molecular weight is 325 g/mol. The van der Waals surface area contributed by atoms with Crippen molar-refractivity contribution in [3.63, 3.8) is 0 Å². The summed E-state index contributed by atoms with van der Waals surface area (Å²) in [5.74, 6) is 1.69. The van der Waals surface area contributed by atoms with E-state index in [1.807, 2.05) is 24.4 Å². The molecule has 0 amide bonds. The number of hydrogen-bond donors (Lipinski definition) is 3. The van der Waals surface area contributed by atoms with Crippen molar-refractivity contribution in [1.29, 1.82) is 0 Å². The molecule has 2 aliphatic heterocycles. The SMILES string of the molecule is CN=C(NCc1ncc(-c2ccccc2)[nH]1)NC1CC2CCC1O2. The molecule has 6 nitrogen and oxygen atoms in total. The fourth-order valence-corrected chi connectivity index (χ4v) is 3.54. The summed E-state index contributed by atoms with van der Waals surface area (Å²) in [4.78, 5) is 12.1. The number of aromatic amines is 1. The lowest BCUT2D eigenvalue weighted by Gasteiger charge is -2.22. The fraction of sp³-hybridized carbons (Fsp3) is 0.444. The fourth-order valence-electron chi connectivity index (χ4n) is 3.54. The largest absolute Gasteiger partial charge is 0.373 e. The standard InChI is InChI=1S/C18H23N5O/c1-19-18(23-14-9-13-7-8-16(14)24-13)21-11-17-20-10-15(22-17)12-5-3-2-4-6-12/h2-6,10,13-14,16H,7-9,11H2,1H3,(H,20,22)(H2,19,21,23). The second kappa shape index (κ2) is 6.65. The number of nitrogens with one attached hydrogen (secondary N) is 3. The monoisotopic (exact) mass is 325 g/mol. The van der Waals surface area contributed by atoms with Gasteiger partial charge < -0.3 is 20.4 Å². The van der Waals surface area contributed by atoms with Gasteiger partial charge in [0.2, 0.25) is 0 Å². The molecule has 3 heterocycles. The first-order valence-electron chi connectivity index (χ1n) is 8.54. The molecule has 126 valence electrons. The van der Waals surface area contributed by atoms with Crippen molar-refractivity contribution in [2.24, 2.45) is 4.99 Å². The van der Waals surface area contributed by atoms with Crippen LogP contribution in [0.4, 0.5) is 0 Å².